The van der Waals surface area contributed by atoms with Gasteiger partial charge in [0.05, 0.1) is 31.5 Å². The van der Waals surface area contributed by atoms with Crippen LogP contribution in [0.15, 0.2) is 23.8 Å². The minimum atomic E-state index is -0.552. The molecule has 0 saturated heterocycles. The monoisotopic (exact) mass is 422 g/mol. The normalized spacial score (nSPS) is 13.3. The Morgan fingerprint density at radius 3 is 2.61 bits per heavy atom. The zero-order valence-electron chi connectivity index (χ0n) is 19.1. The zero-order chi connectivity index (χ0) is 22.8. The molecule has 3 rings (SSSR count). The van der Waals surface area contributed by atoms with Crippen molar-refractivity contribution in [1.29, 1.82) is 5.26 Å². The average Bonchev–Trinajstić information content (AvgIpc) is 3.13. The molecule has 0 atom stereocenters. The first-order valence-electron chi connectivity index (χ1n) is 10.6. The van der Waals surface area contributed by atoms with E-state index in [0.717, 1.165) is 22.5 Å². The van der Waals surface area contributed by atoms with E-state index >= 15 is 0 Å². The van der Waals surface area contributed by atoms with Crippen LogP contribution in [0.2, 0.25) is 0 Å². The third-order valence-electron chi connectivity index (χ3n) is 5.60. The average molecular weight is 423 g/mol. The summed E-state index contributed by atoms with van der Waals surface area (Å²) < 4.78 is 16.8. The van der Waals surface area contributed by atoms with Gasteiger partial charge in [-0.2, -0.15) is 5.26 Å². The van der Waals surface area contributed by atoms with E-state index in [-0.39, 0.29) is 12.1 Å². The fourth-order valence-corrected chi connectivity index (χ4v) is 3.98. The summed E-state index contributed by atoms with van der Waals surface area (Å²) in [7, 11) is 1.62. The topological polar surface area (TPSA) is 84.3 Å². The molecule has 0 aliphatic heterocycles. The summed E-state index contributed by atoms with van der Waals surface area (Å²) in [5.74, 6) is 0.971. The van der Waals surface area contributed by atoms with E-state index in [4.69, 9.17) is 14.2 Å². The van der Waals surface area contributed by atoms with Gasteiger partial charge in [-0.05, 0) is 62.9 Å². The second-order valence-electron chi connectivity index (χ2n) is 8.43. The van der Waals surface area contributed by atoms with E-state index < -0.39 is 5.41 Å². The molecule has 31 heavy (non-hydrogen) atoms. The first kappa shape index (κ1) is 22.5. The summed E-state index contributed by atoms with van der Waals surface area (Å²) >= 11 is 0. The minimum Gasteiger partial charge on any atom is -0.493 e. The standard InChI is InChI=1S/C25H30N2O4/c1-7-30-24(28)22-18-10-8-16(14-26)12-19(18)27-23(22)25(4,5)17-9-11-20(31-15(2)3)21(13-17)29-6/h9,11-13,15,27H,7-8,10H2,1-6H3. The number of allylic oxidation sites excluding steroid dienone is 1. The summed E-state index contributed by atoms with van der Waals surface area (Å²) in [5.41, 5.74) is 4.17. The molecule has 164 valence electrons. The fourth-order valence-electron chi connectivity index (χ4n) is 3.98. The molecule has 0 saturated carbocycles. The molecule has 1 aromatic heterocycles. The van der Waals surface area contributed by atoms with Crippen molar-refractivity contribution < 1.29 is 19.0 Å². The maximum atomic E-state index is 13.0. The van der Waals surface area contributed by atoms with Crippen molar-refractivity contribution in [3.63, 3.8) is 0 Å². The van der Waals surface area contributed by atoms with Crippen LogP contribution < -0.4 is 9.47 Å². The van der Waals surface area contributed by atoms with Crippen LogP contribution in [-0.4, -0.2) is 30.8 Å². The molecule has 0 amide bonds. The number of ether oxygens (including phenoxy) is 3. The van der Waals surface area contributed by atoms with E-state index in [9.17, 15) is 10.1 Å². The Hall–Kier alpha value is -3.20. The van der Waals surface area contributed by atoms with Crippen molar-refractivity contribution >= 4 is 12.0 Å². The van der Waals surface area contributed by atoms with E-state index in [2.05, 4.69) is 24.9 Å². The Morgan fingerprint density at radius 1 is 1.26 bits per heavy atom. The molecule has 0 spiro atoms. The van der Waals surface area contributed by atoms with Crippen LogP contribution in [0.5, 0.6) is 11.5 Å². The highest BCUT2D eigenvalue weighted by atomic mass is 16.5. The molecule has 0 bridgehead atoms. The number of nitriles is 1. The molecule has 0 fully saturated rings. The summed E-state index contributed by atoms with van der Waals surface area (Å²) in [6, 6.07) is 8.07. The predicted octanol–water partition coefficient (Wildman–Crippen LogP) is 5.17. The van der Waals surface area contributed by atoms with Gasteiger partial charge in [-0.3, -0.25) is 0 Å². The lowest BCUT2D eigenvalue weighted by Crippen LogP contribution is -2.24. The number of carbonyl (C=O) groups is 1. The number of fused-ring (bicyclic) bond motifs is 1. The lowest BCUT2D eigenvalue weighted by Gasteiger charge is -2.27. The summed E-state index contributed by atoms with van der Waals surface area (Å²) in [4.78, 5) is 16.4. The highest BCUT2D eigenvalue weighted by Crippen LogP contribution is 2.41. The highest BCUT2D eigenvalue weighted by Gasteiger charge is 2.35. The summed E-state index contributed by atoms with van der Waals surface area (Å²) in [5, 5.41) is 9.32. The Morgan fingerprint density at radius 2 is 2.00 bits per heavy atom. The number of methoxy groups -OCH3 is 1. The van der Waals surface area contributed by atoms with E-state index in [1.165, 1.54) is 0 Å². The van der Waals surface area contributed by atoms with Crippen LogP contribution in [0.25, 0.3) is 6.08 Å². The number of nitrogens with one attached hydrogen (secondary N) is 1. The van der Waals surface area contributed by atoms with Crippen LogP contribution >= 0.6 is 0 Å². The zero-order valence-corrected chi connectivity index (χ0v) is 19.1. The fraction of sp³-hybridized carbons (Fsp3) is 0.440. The second-order valence-corrected chi connectivity index (χ2v) is 8.43. The van der Waals surface area contributed by atoms with Gasteiger partial charge in [0, 0.05) is 22.4 Å². The largest absolute Gasteiger partial charge is 0.493 e. The molecule has 6 heteroatoms. The van der Waals surface area contributed by atoms with Crippen LogP contribution in [0.4, 0.5) is 0 Å². The summed E-state index contributed by atoms with van der Waals surface area (Å²) in [6.45, 7) is 10.1. The molecule has 1 aliphatic carbocycles. The quantitative estimate of drug-likeness (QED) is 0.623. The molecule has 1 aliphatic rings. The van der Waals surface area contributed by atoms with E-state index in [0.29, 0.717) is 42.1 Å². The molecule has 1 N–H and O–H groups in total. The number of rotatable bonds is 7. The van der Waals surface area contributed by atoms with Crippen molar-refractivity contribution in [1.82, 2.24) is 4.98 Å². The van der Waals surface area contributed by atoms with Crippen molar-refractivity contribution in [2.45, 2.75) is 59.0 Å². The highest BCUT2D eigenvalue weighted by molar-refractivity contribution is 5.95. The first-order chi connectivity index (χ1) is 14.7. The van der Waals surface area contributed by atoms with Gasteiger partial charge < -0.3 is 19.2 Å². The van der Waals surface area contributed by atoms with Crippen LogP contribution in [0.3, 0.4) is 0 Å². The molecule has 0 unspecified atom stereocenters. The third-order valence-corrected chi connectivity index (χ3v) is 5.60. The number of hydrogen-bond donors (Lipinski definition) is 1. The lowest BCUT2D eigenvalue weighted by atomic mass is 9.79. The Labute approximate surface area is 183 Å². The number of H-pyrrole nitrogens is 1. The van der Waals surface area contributed by atoms with Crippen LogP contribution in [-0.2, 0) is 16.6 Å². The lowest BCUT2D eigenvalue weighted by molar-refractivity contribution is 0.0522. The molecular formula is C25H30N2O4. The Kier molecular flexibility index (Phi) is 6.45. The second kappa shape index (κ2) is 8.89. The van der Waals surface area contributed by atoms with Gasteiger partial charge in [-0.15, -0.1) is 0 Å². The molecule has 1 heterocycles. The maximum absolute atomic E-state index is 13.0. The third kappa shape index (κ3) is 4.32. The van der Waals surface area contributed by atoms with Gasteiger partial charge >= 0.3 is 5.97 Å². The minimum absolute atomic E-state index is 0.0272. The number of aromatic nitrogens is 1. The van der Waals surface area contributed by atoms with Gasteiger partial charge in [0.2, 0.25) is 0 Å². The number of nitrogens with zero attached hydrogens (tertiary/aromatic N) is 1. The first-order valence-corrected chi connectivity index (χ1v) is 10.6. The van der Waals surface area contributed by atoms with E-state index in [1.54, 1.807) is 14.0 Å². The van der Waals surface area contributed by atoms with Gasteiger partial charge in [0.25, 0.3) is 0 Å². The van der Waals surface area contributed by atoms with Gasteiger partial charge in [-0.1, -0.05) is 19.9 Å². The van der Waals surface area contributed by atoms with Gasteiger partial charge in [0.1, 0.15) is 0 Å². The van der Waals surface area contributed by atoms with Crippen molar-refractivity contribution in [3.05, 3.63) is 51.9 Å². The van der Waals surface area contributed by atoms with Crippen LogP contribution in [0.1, 0.15) is 73.9 Å². The summed E-state index contributed by atoms with van der Waals surface area (Å²) in [6.07, 6.45) is 3.10. The molecule has 1 aromatic carbocycles. The molecular weight excluding hydrogens is 392 g/mol. The maximum Gasteiger partial charge on any atom is 0.340 e. The van der Waals surface area contributed by atoms with Gasteiger partial charge in [-0.25, -0.2) is 4.79 Å². The Balaban J connectivity index is 2.15. The van der Waals surface area contributed by atoms with Crippen molar-refractivity contribution in [2.75, 3.05) is 13.7 Å². The SMILES string of the molecule is CCOC(=O)c1c(C(C)(C)c2ccc(OC(C)C)c(OC)c2)[nH]c2c1CCC(C#N)=C2. The smallest absolute Gasteiger partial charge is 0.340 e. The van der Waals surface area contributed by atoms with E-state index in [1.807, 2.05) is 38.1 Å². The number of aromatic amines is 1. The Bertz CT molecular complexity index is 1050. The molecule has 0 radical (unpaired) electrons. The molecule has 6 nitrogen and oxygen atoms in total. The molecule has 2 aromatic rings. The van der Waals surface area contributed by atoms with Gasteiger partial charge in [0.15, 0.2) is 11.5 Å². The number of hydrogen-bond acceptors (Lipinski definition) is 5. The number of carbonyl (C=O) groups excluding carboxylic acids is 1. The number of benzene rings is 1. The van der Waals surface area contributed by atoms with Crippen molar-refractivity contribution in [2.24, 2.45) is 0 Å². The van der Waals surface area contributed by atoms with Crippen LogP contribution in [0, 0.1) is 11.3 Å². The predicted molar refractivity (Wildman–Crippen MR) is 120 cm³/mol. The van der Waals surface area contributed by atoms with Crippen molar-refractivity contribution in [3.8, 4) is 17.6 Å². The number of esters is 1.